The maximum atomic E-state index is 9.52. The van der Waals surface area contributed by atoms with E-state index in [9.17, 15) is 5.11 Å². The number of piperidine rings is 1. The Morgan fingerprint density at radius 3 is 2.40 bits per heavy atom. The van der Waals surface area contributed by atoms with Crippen molar-refractivity contribution in [3.63, 3.8) is 0 Å². The highest BCUT2D eigenvalue weighted by atomic mass is 16.3. The molecule has 1 saturated carbocycles. The Bertz CT molecular complexity index is 305. The van der Waals surface area contributed by atoms with Crippen molar-refractivity contribution in [2.45, 2.75) is 64.8 Å². The molecule has 3 N–H and O–H groups in total. The van der Waals surface area contributed by atoms with Crippen LogP contribution in [0.5, 0.6) is 0 Å². The molecule has 1 heterocycles. The monoisotopic (exact) mass is 282 g/mol. The van der Waals surface area contributed by atoms with Gasteiger partial charge in [0.1, 0.15) is 0 Å². The first-order valence-corrected chi connectivity index (χ1v) is 8.47. The number of rotatable bonds is 4. The van der Waals surface area contributed by atoms with Crippen LogP contribution in [-0.4, -0.2) is 41.8 Å². The normalized spacial score (nSPS) is 33.8. The highest BCUT2D eigenvalue weighted by molar-refractivity contribution is 4.96. The standard InChI is InChI=1S/C17H34N2O/c1-16(2,3)14-6-10-19(11-7-14)12-8-15-5-4-9-17(15,18)13-20/h14-15,20H,4-13,18H2,1-3H3. The first kappa shape index (κ1) is 16.3. The van der Waals surface area contributed by atoms with Crippen LogP contribution in [-0.2, 0) is 0 Å². The topological polar surface area (TPSA) is 49.5 Å². The molecule has 2 atom stereocenters. The molecule has 2 fully saturated rings. The number of hydrogen-bond donors (Lipinski definition) is 2. The molecular weight excluding hydrogens is 248 g/mol. The van der Waals surface area contributed by atoms with Crippen molar-refractivity contribution in [2.75, 3.05) is 26.2 Å². The molecule has 0 spiro atoms. The Morgan fingerprint density at radius 1 is 1.20 bits per heavy atom. The van der Waals surface area contributed by atoms with E-state index >= 15 is 0 Å². The maximum Gasteiger partial charge on any atom is 0.0613 e. The number of nitrogens with two attached hydrogens (primary N) is 1. The summed E-state index contributed by atoms with van der Waals surface area (Å²) in [7, 11) is 0. The minimum Gasteiger partial charge on any atom is -0.394 e. The third-order valence-corrected chi connectivity index (χ3v) is 5.91. The summed E-state index contributed by atoms with van der Waals surface area (Å²) in [5, 5.41) is 9.52. The van der Waals surface area contributed by atoms with Crippen molar-refractivity contribution in [1.29, 1.82) is 0 Å². The highest BCUT2D eigenvalue weighted by Gasteiger charge is 2.38. The van der Waals surface area contributed by atoms with Crippen LogP contribution in [0.3, 0.4) is 0 Å². The van der Waals surface area contributed by atoms with E-state index in [-0.39, 0.29) is 12.1 Å². The lowest BCUT2D eigenvalue weighted by atomic mass is 9.75. The van der Waals surface area contributed by atoms with E-state index in [1.165, 1.54) is 45.3 Å². The van der Waals surface area contributed by atoms with E-state index < -0.39 is 0 Å². The van der Waals surface area contributed by atoms with Crippen LogP contribution in [0.25, 0.3) is 0 Å². The average Bonchev–Trinajstić information content (AvgIpc) is 2.78. The average molecular weight is 282 g/mol. The van der Waals surface area contributed by atoms with Gasteiger partial charge in [0.2, 0.25) is 0 Å². The number of likely N-dealkylation sites (tertiary alicyclic amines) is 1. The van der Waals surface area contributed by atoms with E-state index in [0.29, 0.717) is 11.3 Å². The third kappa shape index (κ3) is 3.75. The quantitative estimate of drug-likeness (QED) is 0.833. The lowest BCUT2D eigenvalue weighted by Gasteiger charge is -2.39. The summed E-state index contributed by atoms with van der Waals surface area (Å²) in [5.74, 6) is 1.39. The van der Waals surface area contributed by atoms with Gasteiger partial charge < -0.3 is 15.7 Å². The summed E-state index contributed by atoms with van der Waals surface area (Å²) < 4.78 is 0. The largest absolute Gasteiger partial charge is 0.394 e. The second-order valence-corrected chi connectivity index (χ2v) is 8.25. The van der Waals surface area contributed by atoms with Crippen molar-refractivity contribution < 1.29 is 5.11 Å². The zero-order valence-electron chi connectivity index (χ0n) is 13.7. The Morgan fingerprint density at radius 2 is 1.85 bits per heavy atom. The molecule has 0 aromatic carbocycles. The molecule has 1 aliphatic heterocycles. The van der Waals surface area contributed by atoms with Gasteiger partial charge >= 0.3 is 0 Å². The van der Waals surface area contributed by atoms with Crippen LogP contribution < -0.4 is 5.73 Å². The number of aliphatic hydroxyl groups is 1. The lowest BCUT2D eigenvalue weighted by Crippen LogP contribution is -2.48. The van der Waals surface area contributed by atoms with Crippen LogP contribution in [0.1, 0.15) is 59.3 Å². The van der Waals surface area contributed by atoms with E-state index in [0.717, 1.165) is 18.8 Å². The van der Waals surface area contributed by atoms with Crippen LogP contribution in [0, 0.1) is 17.3 Å². The summed E-state index contributed by atoms with van der Waals surface area (Å²) >= 11 is 0. The first-order valence-electron chi connectivity index (χ1n) is 8.47. The molecular formula is C17H34N2O. The van der Waals surface area contributed by atoms with Gasteiger partial charge in [-0.2, -0.15) is 0 Å². The minimum atomic E-state index is -0.288. The van der Waals surface area contributed by atoms with Crippen LogP contribution >= 0.6 is 0 Å². The molecule has 0 bridgehead atoms. The predicted octanol–water partition coefficient (Wildman–Crippen LogP) is 2.62. The molecule has 0 aromatic heterocycles. The number of hydrogen-bond acceptors (Lipinski definition) is 3. The summed E-state index contributed by atoms with van der Waals surface area (Å²) in [5.41, 5.74) is 6.50. The smallest absolute Gasteiger partial charge is 0.0613 e. The van der Waals surface area contributed by atoms with Gasteiger partial charge in [0.25, 0.3) is 0 Å². The van der Waals surface area contributed by atoms with Crippen LogP contribution in [0.4, 0.5) is 0 Å². The molecule has 2 unspecified atom stereocenters. The molecule has 3 nitrogen and oxygen atoms in total. The summed E-state index contributed by atoms with van der Waals surface area (Å²) in [6.45, 7) is 10.9. The van der Waals surface area contributed by atoms with Crippen LogP contribution in [0.2, 0.25) is 0 Å². The zero-order valence-corrected chi connectivity index (χ0v) is 13.7. The van der Waals surface area contributed by atoms with Gasteiger partial charge in [-0.05, 0) is 69.0 Å². The Balaban J connectivity index is 1.74. The van der Waals surface area contributed by atoms with Gasteiger partial charge in [0, 0.05) is 5.54 Å². The van der Waals surface area contributed by atoms with E-state index in [1.54, 1.807) is 0 Å². The molecule has 3 heteroatoms. The Kier molecular flexibility index (Phi) is 5.14. The van der Waals surface area contributed by atoms with Gasteiger partial charge in [0.05, 0.1) is 6.61 Å². The molecule has 1 saturated heterocycles. The zero-order chi connectivity index (χ0) is 14.8. The fraction of sp³-hybridized carbons (Fsp3) is 1.00. The molecule has 2 aliphatic rings. The summed E-state index contributed by atoms with van der Waals surface area (Å²) in [4.78, 5) is 2.61. The Labute approximate surface area is 124 Å². The second kappa shape index (κ2) is 6.33. The number of nitrogens with zero attached hydrogens (tertiary/aromatic N) is 1. The summed E-state index contributed by atoms with van der Waals surface area (Å²) in [6.07, 6.45) is 7.23. The van der Waals surface area contributed by atoms with Crippen molar-refractivity contribution in [3.05, 3.63) is 0 Å². The fourth-order valence-corrected chi connectivity index (χ4v) is 4.17. The minimum absolute atomic E-state index is 0.157. The van der Waals surface area contributed by atoms with Crippen molar-refractivity contribution in [3.8, 4) is 0 Å². The van der Waals surface area contributed by atoms with E-state index in [1.807, 2.05) is 0 Å². The van der Waals surface area contributed by atoms with Gasteiger partial charge in [-0.3, -0.25) is 0 Å². The fourth-order valence-electron chi connectivity index (χ4n) is 4.17. The van der Waals surface area contributed by atoms with Gasteiger partial charge in [0.15, 0.2) is 0 Å². The van der Waals surface area contributed by atoms with E-state index in [4.69, 9.17) is 5.73 Å². The SMILES string of the molecule is CC(C)(C)C1CCN(CCC2CCCC2(N)CO)CC1. The molecule has 0 radical (unpaired) electrons. The predicted molar refractivity (Wildman–Crippen MR) is 84.6 cm³/mol. The number of aliphatic hydroxyl groups excluding tert-OH is 1. The van der Waals surface area contributed by atoms with Gasteiger partial charge in [-0.15, -0.1) is 0 Å². The third-order valence-electron chi connectivity index (χ3n) is 5.91. The van der Waals surface area contributed by atoms with Gasteiger partial charge in [-0.25, -0.2) is 0 Å². The molecule has 0 aromatic rings. The lowest BCUT2D eigenvalue weighted by molar-refractivity contribution is 0.0981. The molecule has 2 rings (SSSR count). The second-order valence-electron chi connectivity index (χ2n) is 8.25. The molecule has 0 amide bonds. The van der Waals surface area contributed by atoms with Crippen LogP contribution in [0.15, 0.2) is 0 Å². The molecule has 20 heavy (non-hydrogen) atoms. The summed E-state index contributed by atoms with van der Waals surface area (Å²) in [6, 6.07) is 0. The first-order chi connectivity index (χ1) is 9.35. The van der Waals surface area contributed by atoms with Crippen molar-refractivity contribution in [1.82, 2.24) is 4.90 Å². The molecule has 1 aliphatic carbocycles. The van der Waals surface area contributed by atoms with Gasteiger partial charge in [-0.1, -0.05) is 27.2 Å². The maximum absolute atomic E-state index is 9.52. The highest BCUT2D eigenvalue weighted by Crippen LogP contribution is 2.37. The van der Waals surface area contributed by atoms with Crippen molar-refractivity contribution >= 4 is 0 Å². The molecule has 118 valence electrons. The van der Waals surface area contributed by atoms with E-state index in [2.05, 4.69) is 25.7 Å². The van der Waals surface area contributed by atoms with Crippen molar-refractivity contribution in [2.24, 2.45) is 23.0 Å². The Hall–Kier alpha value is -0.120.